The molecule has 1 fully saturated rings. The summed E-state index contributed by atoms with van der Waals surface area (Å²) in [5, 5.41) is 12.5. The van der Waals surface area contributed by atoms with Gasteiger partial charge in [-0.15, -0.1) is 0 Å². The number of thioether (sulfide) groups is 1. The van der Waals surface area contributed by atoms with Crippen molar-refractivity contribution in [1.82, 2.24) is 14.5 Å². The second-order valence-corrected chi connectivity index (χ2v) is 9.30. The normalized spacial score (nSPS) is 13.9. The average Bonchev–Trinajstić information content (AvgIpc) is 3.26. The standard InChI is InChI=1S/C23H24ClN5O3S/c1-16-3-5-19(17(2)13-16)28-8-7-25-23(28)33-15-22(30)27-11-9-26(10-12-27)20-6-4-18(24)14-21(20)29(31)32/h3-8,13-14H,9-12,15H2,1-2H3. The average molecular weight is 486 g/mol. The van der Waals surface area contributed by atoms with Crippen molar-refractivity contribution in [2.75, 3.05) is 36.8 Å². The summed E-state index contributed by atoms with van der Waals surface area (Å²) in [6.07, 6.45) is 3.65. The number of nitrogens with zero attached hydrogens (tertiary/aromatic N) is 5. The maximum atomic E-state index is 12.8. The zero-order valence-corrected chi connectivity index (χ0v) is 20.0. The predicted molar refractivity (Wildman–Crippen MR) is 131 cm³/mol. The number of amides is 1. The van der Waals surface area contributed by atoms with Gasteiger partial charge < -0.3 is 9.80 Å². The van der Waals surface area contributed by atoms with E-state index in [9.17, 15) is 14.9 Å². The molecule has 1 aliphatic rings. The summed E-state index contributed by atoms with van der Waals surface area (Å²) in [7, 11) is 0. The molecule has 0 atom stereocenters. The van der Waals surface area contributed by atoms with Gasteiger partial charge in [-0.2, -0.15) is 0 Å². The molecule has 3 aromatic rings. The van der Waals surface area contributed by atoms with Crippen LogP contribution >= 0.6 is 23.4 Å². The summed E-state index contributed by atoms with van der Waals surface area (Å²) >= 11 is 7.33. The van der Waals surface area contributed by atoms with E-state index in [4.69, 9.17) is 11.6 Å². The summed E-state index contributed by atoms with van der Waals surface area (Å²) in [6.45, 7) is 6.18. The molecule has 0 saturated carbocycles. The first-order valence-electron chi connectivity index (χ1n) is 10.5. The molecule has 33 heavy (non-hydrogen) atoms. The Kier molecular flexibility index (Phi) is 6.90. The Balaban J connectivity index is 1.37. The van der Waals surface area contributed by atoms with Gasteiger partial charge in [0.05, 0.1) is 16.4 Å². The first kappa shape index (κ1) is 23.1. The van der Waals surface area contributed by atoms with E-state index in [1.54, 1.807) is 23.2 Å². The Bertz CT molecular complexity index is 1190. The molecule has 0 unspecified atom stereocenters. The van der Waals surface area contributed by atoms with Crippen molar-refractivity contribution in [2.24, 2.45) is 0 Å². The smallest absolute Gasteiger partial charge is 0.294 e. The number of hydrogen-bond acceptors (Lipinski definition) is 6. The SMILES string of the molecule is Cc1ccc(-n2ccnc2SCC(=O)N2CCN(c3ccc(Cl)cc3[N+](=O)[O-])CC2)c(C)c1. The van der Waals surface area contributed by atoms with E-state index in [1.165, 1.54) is 23.4 Å². The van der Waals surface area contributed by atoms with Crippen molar-refractivity contribution in [2.45, 2.75) is 19.0 Å². The molecule has 0 spiro atoms. The zero-order chi connectivity index (χ0) is 23.5. The number of aryl methyl sites for hydroxylation is 2. The molecule has 2 heterocycles. The first-order chi connectivity index (χ1) is 15.8. The molecule has 1 amide bonds. The second kappa shape index (κ2) is 9.84. The third kappa shape index (κ3) is 5.15. The summed E-state index contributed by atoms with van der Waals surface area (Å²) in [5.74, 6) is 0.309. The van der Waals surface area contributed by atoms with E-state index in [0.29, 0.717) is 36.9 Å². The van der Waals surface area contributed by atoms with Crippen LogP contribution in [0.4, 0.5) is 11.4 Å². The highest BCUT2D eigenvalue weighted by Gasteiger charge is 2.26. The van der Waals surface area contributed by atoms with E-state index in [1.807, 2.05) is 15.7 Å². The number of imidazole rings is 1. The van der Waals surface area contributed by atoms with Gasteiger partial charge in [0, 0.05) is 49.7 Å². The van der Waals surface area contributed by atoms with E-state index in [2.05, 4.69) is 37.0 Å². The molecule has 0 radical (unpaired) electrons. The molecule has 1 aliphatic heterocycles. The fourth-order valence-corrected chi connectivity index (χ4v) is 5.02. The fraction of sp³-hybridized carbons (Fsp3) is 0.304. The Morgan fingerprint density at radius 2 is 1.85 bits per heavy atom. The predicted octanol–water partition coefficient (Wildman–Crippen LogP) is 4.49. The number of benzene rings is 2. The van der Waals surface area contributed by atoms with Crippen LogP contribution in [0.5, 0.6) is 0 Å². The van der Waals surface area contributed by atoms with Crippen LogP contribution in [0.2, 0.25) is 5.02 Å². The number of hydrogen-bond donors (Lipinski definition) is 0. The minimum absolute atomic E-state index is 0.0175. The van der Waals surface area contributed by atoms with Gasteiger partial charge in [-0.1, -0.05) is 41.1 Å². The van der Waals surface area contributed by atoms with Crippen LogP contribution in [0.3, 0.4) is 0 Å². The molecular weight excluding hydrogens is 462 g/mol. The summed E-state index contributed by atoms with van der Waals surface area (Å²) < 4.78 is 2.00. The molecule has 0 aliphatic carbocycles. The summed E-state index contributed by atoms with van der Waals surface area (Å²) in [6, 6.07) is 10.9. The van der Waals surface area contributed by atoms with Crippen LogP contribution in [0.25, 0.3) is 5.69 Å². The maximum absolute atomic E-state index is 12.8. The second-order valence-electron chi connectivity index (χ2n) is 7.92. The molecule has 172 valence electrons. The lowest BCUT2D eigenvalue weighted by Crippen LogP contribution is -2.49. The van der Waals surface area contributed by atoms with E-state index >= 15 is 0 Å². The molecule has 2 aromatic carbocycles. The highest BCUT2D eigenvalue weighted by molar-refractivity contribution is 7.99. The quantitative estimate of drug-likeness (QED) is 0.290. The zero-order valence-electron chi connectivity index (χ0n) is 18.4. The molecule has 1 saturated heterocycles. The van der Waals surface area contributed by atoms with Crippen molar-refractivity contribution in [3.8, 4) is 5.69 Å². The van der Waals surface area contributed by atoms with Crippen LogP contribution in [0, 0.1) is 24.0 Å². The molecule has 1 aromatic heterocycles. The van der Waals surface area contributed by atoms with Crippen LogP contribution in [-0.2, 0) is 4.79 Å². The third-order valence-corrected chi connectivity index (χ3v) is 6.84. The highest BCUT2D eigenvalue weighted by atomic mass is 35.5. The Hall–Kier alpha value is -3.04. The lowest BCUT2D eigenvalue weighted by molar-refractivity contribution is -0.384. The highest BCUT2D eigenvalue weighted by Crippen LogP contribution is 2.32. The van der Waals surface area contributed by atoms with Crippen LogP contribution in [0.1, 0.15) is 11.1 Å². The minimum Gasteiger partial charge on any atom is -0.362 e. The van der Waals surface area contributed by atoms with Crippen molar-refractivity contribution >= 4 is 40.6 Å². The van der Waals surface area contributed by atoms with Gasteiger partial charge in [0.25, 0.3) is 5.69 Å². The van der Waals surface area contributed by atoms with E-state index < -0.39 is 4.92 Å². The molecule has 4 rings (SSSR count). The van der Waals surface area contributed by atoms with Gasteiger partial charge in [-0.3, -0.25) is 19.5 Å². The Morgan fingerprint density at radius 1 is 1.12 bits per heavy atom. The molecule has 0 bridgehead atoms. The fourth-order valence-electron chi connectivity index (χ4n) is 3.98. The number of piperazine rings is 1. The lowest BCUT2D eigenvalue weighted by atomic mass is 10.1. The number of anilines is 1. The monoisotopic (exact) mass is 485 g/mol. The van der Waals surface area contributed by atoms with Crippen molar-refractivity contribution in [3.05, 3.63) is 75.1 Å². The largest absolute Gasteiger partial charge is 0.362 e. The Labute approximate surface area is 201 Å². The van der Waals surface area contributed by atoms with Gasteiger partial charge in [0.15, 0.2) is 5.16 Å². The number of aromatic nitrogens is 2. The minimum atomic E-state index is -0.423. The number of carbonyl (C=O) groups is 1. The van der Waals surface area contributed by atoms with Gasteiger partial charge in [-0.25, -0.2) is 4.98 Å². The number of nitro groups is 1. The number of rotatable bonds is 6. The Morgan fingerprint density at radius 3 is 2.55 bits per heavy atom. The molecule has 0 N–H and O–H groups in total. The van der Waals surface area contributed by atoms with Gasteiger partial charge in [-0.05, 0) is 37.6 Å². The number of nitro benzene ring substituents is 1. The summed E-state index contributed by atoms with van der Waals surface area (Å²) in [5.41, 5.74) is 3.90. The third-order valence-electron chi connectivity index (χ3n) is 5.65. The van der Waals surface area contributed by atoms with E-state index in [-0.39, 0.29) is 17.3 Å². The molecule has 10 heteroatoms. The number of halogens is 1. The van der Waals surface area contributed by atoms with Crippen molar-refractivity contribution in [3.63, 3.8) is 0 Å². The number of carbonyl (C=O) groups excluding carboxylic acids is 1. The van der Waals surface area contributed by atoms with Crippen LogP contribution < -0.4 is 4.90 Å². The van der Waals surface area contributed by atoms with E-state index in [0.717, 1.165) is 16.4 Å². The van der Waals surface area contributed by atoms with Crippen molar-refractivity contribution < 1.29 is 9.72 Å². The molecule has 8 nitrogen and oxygen atoms in total. The first-order valence-corrected chi connectivity index (χ1v) is 11.9. The van der Waals surface area contributed by atoms with Gasteiger partial charge in [0.1, 0.15) is 5.69 Å². The van der Waals surface area contributed by atoms with Gasteiger partial charge >= 0.3 is 0 Å². The summed E-state index contributed by atoms with van der Waals surface area (Å²) in [4.78, 5) is 32.0. The maximum Gasteiger partial charge on any atom is 0.294 e. The molecular formula is C23H24ClN5O3S. The van der Waals surface area contributed by atoms with Crippen LogP contribution in [0.15, 0.2) is 53.9 Å². The van der Waals surface area contributed by atoms with Crippen LogP contribution in [-0.4, -0.2) is 57.2 Å². The van der Waals surface area contributed by atoms with Gasteiger partial charge in [0.2, 0.25) is 5.91 Å². The topological polar surface area (TPSA) is 84.5 Å². The van der Waals surface area contributed by atoms with Crippen molar-refractivity contribution in [1.29, 1.82) is 0 Å². The lowest BCUT2D eigenvalue weighted by Gasteiger charge is -2.35.